The minimum atomic E-state index is -0.196. The minimum Gasteiger partial charge on any atom is -0.381 e. The lowest BCUT2D eigenvalue weighted by Gasteiger charge is -2.46. The number of methoxy groups -OCH3 is 1. The van der Waals surface area contributed by atoms with Crippen molar-refractivity contribution in [3.8, 4) is 0 Å². The molecular formula is C12H24N2O3. The SMILES string of the molecule is COC1(C(NN)C2CCCOC2)CCOCC1. The van der Waals surface area contributed by atoms with Crippen molar-refractivity contribution in [1.82, 2.24) is 5.43 Å². The molecule has 2 heterocycles. The van der Waals surface area contributed by atoms with Crippen LogP contribution in [0.25, 0.3) is 0 Å². The Morgan fingerprint density at radius 3 is 2.59 bits per heavy atom. The Morgan fingerprint density at radius 1 is 1.29 bits per heavy atom. The highest BCUT2D eigenvalue weighted by Crippen LogP contribution is 2.34. The summed E-state index contributed by atoms with van der Waals surface area (Å²) < 4.78 is 16.8. The van der Waals surface area contributed by atoms with E-state index in [-0.39, 0.29) is 11.6 Å². The van der Waals surface area contributed by atoms with Gasteiger partial charge >= 0.3 is 0 Å². The zero-order valence-corrected chi connectivity index (χ0v) is 10.6. The molecule has 2 atom stereocenters. The molecule has 3 N–H and O–H groups in total. The van der Waals surface area contributed by atoms with E-state index in [4.69, 9.17) is 20.1 Å². The lowest BCUT2D eigenvalue weighted by Crippen LogP contribution is -2.61. The maximum Gasteiger partial charge on any atom is 0.0891 e. The zero-order valence-electron chi connectivity index (χ0n) is 10.6. The van der Waals surface area contributed by atoms with E-state index in [2.05, 4.69) is 5.43 Å². The van der Waals surface area contributed by atoms with E-state index in [0.717, 1.165) is 52.1 Å². The molecule has 0 bridgehead atoms. The van der Waals surface area contributed by atoms with Crippen molar-refractivity contribution in [1.29, 1.82) is 0 Å². The molecule has 2 aliphatic rings. The summed E-state index contributed by atoms with van der Waals surface area (Å²) in [7, 11) is 1.78. The Morgan fingerprint density at radius 2 is 2.06 bits per heavy atom. The van der Waals surface area contributed by atoms with Gasteiger partial charge in [0.25, 0.3) is 0 Å². The van der Waals surface area contributed by atoms with Crippen LogP contribution in [0.4, 0.5) is 0 Å². The van der Waals surface area contributed by atoms with Crippen molar-refractivity contribution in [3.05, 3.63) is 0 Å². The summed E-state index contributed by atoms with van der Waals surface area (Å²) in [5.41, 5.74) is 2.78. The third-order valence-corrected chi connectivity index (χ3v) is 4.16. The van der Waals surface area contributed by atoms with E-state index in [0.29, 0.717) is 5.92 Å². The molecule has 5 nitrogen and oxygen atoms in total. The predicted octanol–water partition coefficient (Wildman–Crippen LogP) is 0.440. The van der Waals surface area contributed by atoms with Gasteiger partial charge in [-0.05, 0) is 12.8 Å². The van der Waals surface area contributed by atoms with Gasteiger partial charge in [0, 0.05) is 45.7 Å². The standard InChI is InChI=1S/C12H24N2O3/c1-15-12(4-7-16-8-5-12)11(14-13)10-3-2-6-17-9-10/h10-11,14H,2-9,13H2,1H3. The van der Waals surface area contributed by atoms with Gasteiger partial charge in [-0.3, -0.25) is 11.3 Å². The molecule has 100 valence electrons. The quantitative estimate of drug-likeness (QED) is 0.555. The van der Waals surface area contributed by atoms with Crippen molar-refractivity contribution >= 4 is 0 Å². The van der Waals surface area contributed by atoms with Crippen LogP contribution in [0.15, 0.2) is 0 Å². The Hall–Kier alpha value is -0.200. The van der Waals surface area contributed by atoms with Crippen LogP contribution in [-0.4, -0.2) is 45.2 Å². The van der Waals surface area contributed by atoms with Crippen molar-refractivity contribution in [2.24, 2.45) is 11.8 Å². The largest absolute Gasteiger partial charge is 0.381 e. The Labute approximate surface area is 103 Å². The molecule has 0 aromatic rings. The summed E-state index contributed by atoms with van der Waals surface area (Å²) in [6.07, 6.45) is 4.06. The topological polar surface area (TPSA) is 65.7 Å². The van der Waals surface area contributed by atoms with Gasteiger partial charge in [0.1, 0.15) is 0 Å². The number of hydrazine groups is 1. The first-order valence-corrected chi connectivity index (χ1v) is 6.49. The van der Waals surface area contributed by atoms with Gasteiger partial charge in [0.2, 0.25) is 0 Å². The fourth-order valence-corrected chi connectivity index (χ4v) is 3.11. The maximum atomic E-state index is 5.81. The van der Waals surface area contributed by atoms with Crippen molar-refractivity contribution in [2.75, 3.05) is 33.5 Å². The van der Waals surface area contributed by atoms with Crippen LogP contribution in [0, 0.1) is 5.92 Å². The summed E-state index contributed by atoms with van der Waals surface area (Å²) in [5, 5.41) is 0. The molecular weight excluding hydrogens is 220 g/mol. The van der Waals surface area contributed by atoms with Gasteiger partial charge in [0.15, 0.2) is 0 Å². The summed E-state index contributed by atoms with van der Waals surface area (Å²) >= 11 is 0. The van der Waals surface area contributed by atoms with Crippen molar-refractivity contribution in [2.45, 2.75) is 37.3 Å². The second kappa shape index (κ2) is 6.11. The predicted molar refractivity (Wildman–Crippen MR) is 64.4 cm³/mol. The minimum absolute atomic E-state index is 0.150. The second-order valence-corrected chi connectivity index (χ2v) is 5.00. The molecule has 0 aliphatic carbocycles. The molecule has 0 radical (unpaired) electrons. The highest BCUT2D eigenvalue weighted by molar-refractivity contribution is 4.98. The lowest BCUT2D eigenvalue weighted by molar-refractivity contribution is -0.131. The fraction of sp³-hybridized carbons (Fsp3) is 1.00. The van der Waals surface area contributed by atoms with Crippen LogP contribution in [0.1, 0.15) is 25.7 Å². The number of nitrogens with two attached hydrogens (primary N) is 1. The molecule has 5 heteroatoms. The monoisotopic (exact) mass is 244 g/mol. The van der Waals surface area contributed by atoms with Crippen LogP contribution in [0.5, 0.6) is 0 Å². The van der Waals surface area contributed by atoms with E-state index in [1.54, 1.807) is 7.11 Å². The van der Waals surface area contributed by atoms with E-state index < -0.39 is 0 Å². The van der Waals surface area contributed by atoms with Crippen molar-refractivity contribution < 1.29 is 14.2 Å². The molecule has 2 fully saturated rings. The molecule has 0 amide bonds. The normalized spacial score (nSPS) is 31.1. The third-order valence-electron chi connectivity index (χ3n) is 4.16. The molecule has 2 rings (SSSR count). The van der Waals surface area contributed by atoms with Crippen molar-refractivity contribution in [3.63, 3.8) is 0 Å². The number of hydrogen-bond donors (Lipinski definition) is 2. The number of nitrogens with one attached hydrogen (secondary N) is 1. The van der Waals surface area contributed by atoms with Gasteiger partial charge in [-0.1, -0.05) is 0 Å². The molecule has 17 heavy (non-hydrogen) atoms. The molecule has 2 aliphatic heterocycles. The van der Waals surface area contributed by atoms with E-state index in [1.165, 1.54) is 0 Å². The van der Waals surface area contributed by atoms with Gasteiger partial charge in [-0.15, -0.1) is 0 Å². The second-order valence-electron chi connectivity index (χ2n) is 5.00. The van der Waals surface area contributed by atoms with Crippen LogP contribution in [-0.2, 0) is 14.2 Å². The zero-order chi connectivity index (χ0) is 12.1. The molecule has 0 aromatic carbocycles. The number of rotatable bonds is 4. The first kappa shape index (κ1) is 13.2. The number of hydrogen-bond acceptors (Lipinski definition) is 5. The van der Waals surface area contributed by atoms with Crippen LogP contribution >= 0.6 is 0 Å². The smallest absolute Gasteiger partial charge is 0.0891 e. The average Bonchev–Trinajstić information content (AvgIpc) is 2.42. The van der Waals surface area contributed by atoms with Gasteiger partial charge < -0.3 is 14.2 Å². The fourth-order valence-electron chi connectivity index (χ4n) is 3.11. The molecule has 2 saturated heterocycles. The summed E-state index contributed by atoms with van der Waals surface area (Å²) in [4.78, 5) is 0. The highest BCUT2D eigenvalue weighted by atomic mass is 16.5. The van der Waals surface area contributed by atoms with Crippen LogP contribution in [0.3, 0.4) is 0 Å². The lowest BCUT2D eigenvalue weighted by atomic mass is 9.77. The molecule has 0 saturated carbocycles. The first-order valence-electron chi connectivity index (χ1n) is 6.49. The molecule has 0 aromatic heterocycles. The van der Waals surface area contributed by atoms with E-state index in [1.807, 2.05) is 0 Å². The Kier molecular flexibility index (Phi) is 4.76. The van der Waals surface area contributed by atoms with Gasteiger partial charge in [-0.25, -0.2) is 0 Å². The summed E-state index contributed by atoms with van der Waals surface area (Å²) in [6.45, 7) is 3.15. The van der Waals surface area contributed by atoms with E-state index >= 15 is 0 Å². The number of ether oxygens (including phenoxy) is 3. The average molecular weight is 244 g/mol. The summed E-state index contributed by atoms with van der Waals surface area (Å²) in [6, 6.07) is 0.150. The van der Waals surface area contributed by atoms with Gasteiger partial charge in [-0.2, -0.15) is 0 Å². The Bertz CT molecular complexity index is 226. The van der Waals surface area contributed by atoms with Crippen LogP contribution in [0.2, 0.25) is 0 Å². The Balaban J connectivity index is 2.07. The first-order chi connectivity index (χ1) is 8.32. The van der Waals surface area contributed by atoms with E-state index in [9.17, 15) is 0 Å². The van der Waals surface area contributed by atoms with Crippen LogP contribution < -0.4 is 11.3 Å². The molecule has 0 spiro atoms. The third kappa shape index (κ3) is 2.80. The molecule has 2 unspecified atom stereocenters. The summed E-state index contributed by atoms with van der Waals surface area (Å²) in [5.74, 6) is 6.21. The highest BCUT2D eigenvalue weighted by Gasteiger charge is 2.44. The van der Waals surface area contributed by atoms with Gasteiger partial charge in [0.05, 0.1) is 18.2 Å². The maximum absolute atomic E-state index is 5.81.